The summed E-state index contributed by atoms with van der Waals surface area (Å²) < 4.78 is 21.6. The Morgan fingerprint density at radius 3 is 2.60 bits per heavy atom. The molecule has 0 bridgehead atoms. The molecule has 0 amide bonds. The van der Waals surface area contributed by atoms with E-state index in [0.717, 1.165) is 17.1 Å². The SMILES string of the molecule is Cc1cc(C(=O)OC(c2cccc(F)c2)c2ccccn2)c(C)n1-c1cccnc1. The lowest BCUT2D eigenvalue weighted by molar-refractivity contribution is 0.0369. The number of ether oxygens (including phenoxy) is 1. The van der Waals surface area contributed by atoms with E-state index in [0.29, 0.717) is 16.8 Å². The first-order valence-corrected chi connectivity index (χ1v) is 9.51. The Labute approximate surface area is 173 Å². The average molecular weight is 401 g/mol. The predicted molar refractivity (Wildman–Crippen MR) is 111 cm³/mol. The molecule has 1 atom stereocenters. The number of halogens is 1. The Morgan fingerprint density at radius 1 is 1.03 bits per heavy atom. The van der Waals surface area contributed by atoms with Crippen LogP contribution in [0.5, 0.6) is 0 Å². The average Bonchev–Trinajstić information content (AvgIpc) is 3.07. The van der Waals surface area contributed by atoms with E-state index in [-0.39, 0.29) is 0 Å². The number of aryl methyl sites for hydroxylation is 1. The quantitative estimate of drug-likeness (QED) is 0.443. The van der Waals surface area contributed by atoms with Gasteiger partial charge in [-0.2, -0.15) is 0 Å². The zero-order chi connectivity index (χ0) is 21.1. The number of aromatic nitrogens is 3. The summed E-state index contributed by atoms with van der Waals surface area (Å²) in [7, 11) is 0. The molecule has 0 N–H and O–H groups in total. The number of carbonyl (C=O) groups excluding carboxylic acids is 1. The molecular weight excluding hydrogens is 381 g/mol. The fraction of sp³-hybridized carbons (Fsp3) is 0.125. The number of pyridine rings is 2. The van der Waals surface area contributed by atoms with Gasteiger partial charge in [-0.1, -0.05) is 18.2 Å². The van der Waals surface area contributed by atoms with Crippen LogP contribution in [0.2, 0.25) is 0 Å². The molecule has 0 spiro atoms. The summed E-state index contributed by atoms with van der Waals surface area (Å²) in [6, 6.07) is 16.9. The Kier molecular flexibility index (Phi) is 5.39. The summed E-state index contributed by atoms with van der Waals surface area (Å²) in [5.74, 6) is -0.905. The van der Waals surface area contributed by atoms with E-state index in [1.807, 2.05) is 30.5 Å². The van der Waals surface area contributed by atoms with Crippen LogP contribution in [-0.2, 0) is 4.74 Å². The van der Waals surface area contributed by atoms with Crippen molar-refractivity contribution in [1.29, 1.82) is 0 Å². The van der Waals surface area contributed by atoms with Gasteiger partial charge < -0.3 is 9.30 Å². The van der Waals surface area contributed by atoms with Gasteiger partial charge in [0.1, 0.15) is 5.82 Å². The molecule has 0 aliphatic heterocycles. The van der Waals surface area contributed by atoms with Crippen molar-refractivity contribution < 1.29 is 13.9 Å². The third kappa shape index (κ3) is 3.85. The highest BCUT2D eigenvalue weighted by molar-refractivity contribution is 5.91. The molecule has 4 aromatic rings. The number of esters is 1. The largest absolute Gasteiger partial charge is 0.447 e. The van der Waals surface area contributed by atoms with E-state index in [4.69, 9.17) is 4.74 Å². The maximum absolute atomic E-state index is 13.8. The molecule has 0 fully saturated rings. The van der Waals surface area contributed by atoms with Gasteiger partial charge in [-0.3, -0.25) is 9.97 Å². The predicted octanol–water partition coefficient (Wildman–Crippen LogP) is 4.97. The fourth-order valence-corrected chi connectivity index (χ4v) is 3.52. The van der Waals surface area contributed by atoms with Crippen LogP contribution in [0.15, 0.2) is 79.3 Å². The molecule has 0 aliphatic rings. The fourth-order valence-electron chi connectivity index (χ4n) is 3.52. The van der Waals surface area contributed by atoms with Crippen LogP contribution in [0.1, 0.15) is 39.1 Å². The highest BCUT2D eigenvalue weighted by Crippen LogP contribution is 2.28. The van der Waals surface area contributed by atoms with Crippen molar-refractivity contribution in [2.45, 2.75) is 20.0 Å². The van der Waals surface area contributed by atoms with Crippen molar-refractivity contribution in [3.8, 4) is 5.69 Å². The van der Waals surface area contributed by atoms with Crippen molar-refractivity contribution in [2.75, 3.05) is 0 Å². The molecule has 3 heterocycles. The lowest BCUT2D eigenvalue weighted by Gasteiger charge is -2.18. The lowest BCUT2D eigenvalue weighted by atomic mass is 10.1. The summed E-state index contributed by atoms with van der Waals surface area (Å²) in [4.78, 5) is 21.6. The molecule has 0 saturated carbocycles. The van der Waals surface area contributed by atoms with Crippen molar-refractivity contribution in [1.82, 2.24) is 14.5 Å². The second-order valence-electron chi connectivity index (χ2n) is 6.93. The molecule has 0 aliphatic carbocycles. The number of rotatable bonds is 5. The Balaban J connectivity index is 1.70. The third-order valence-corrected chi connectivity index (χ3v) is 4.89. The summed E-state index contributed by atoms with van der Waals surface area (Å²) in [5.41, 5.74) is 3.96. The molecular formula is C24H20FN3O2. The topological polar surface area (TPSA) is 57.0 Å². The van der Waals surface area contributed by atoms with Gasteiger partial charge in [-0.25, -0.2) is 9.18 Å². The van der Waals surface area contributed by atoms with Gasteiger partial charge >= 0.3 is 5.97 Å². The molecule has 3 aromatic heterocycles. The van der Waals surface area contributed by atoms with Crippen LogP contribution in [0, 0.1) is 19.7 Å². The van der Waals surface area contributed by atoms with Gasteiger partial charge in [-0.05, 0) is 56.3 Å². The first-order chi connectivity index (χ1) is 14.5. The number of benzene rings is 1. The Morgan fingerprint density at radius 2 is 1.90 bits per heavy atom. The van der Waals surface area contributed by atoms with Crippen LogP contribution in [0.3, 0.4) is 0 Å². The van der Waals surface area contributed by atoms with Gasteiger partial charge in [0.05, 0.1) is 23.1 Å². The van der Waals surface area contributed by atoms with Crippen LogP contribution in [0.4, 0.5) is 4.39 Å². The first kappa shape index (κ1) is 19.5. The van der Waals surface area contributed by atoms with Crippen LogP contribution in [-0.4, -0.2) is 20.5 Å². The second-order valence-corrected chi connectivity index (χ2v) is 6.93. The monoisotopic (exact) mass is 401 g/mol. The molecule has 5 nitrogen and oxygen atoms in total. The summed E-state index contributed by atoms with van der Waals surface area (Å²) in [5, 5.41) is 0. The number of hydrogen-bond acceptors (Lipinski definition) is 4. The van der Waals surface area contributed by atoms with E-state index in [9.17, 15) is 9.18 Å². The number of nitrogens with zero attached hydrogens (tertiary/aromatic N) is 3. The molecule has 30 heavy (non-hydrogen) atoms. The van der Waals surface area contributed by atoms with Crippen molar-refractivity contribution in [3.63, 3.8) is 0 Å². The third-order valence-electron chi connectivity index (χ3n) is 4.89. The zero-order valence-corrected chi connectivity index (χ0v) is 16.6. The highest BCUT2D eigenvalue weighted by Gasteiger charge is 2.25. The van der Waals surface area contributed by atoms with Gasteiger partial charge in [0, 0.05) is 29.3 Å². The van der Waals surface area contributed by atoms with E-state index < -0.39 is 17.9 Å². The molecule has 1 unspecified atom stereocenters. The normalized spacial score (nSPS) is 11.8. The standard InChI is InChI=1S/C24H20FN3O2/c1-16-13-21(17(2)28(16)20-9-6-11-26-15-20)24(29)30-23(22-10-3-4-12-27-22)18-7-5-8-19(25)14-18/h3-15,23H,1-2H3. The zero-order valence-electron chi connectivity index (χ0n) is 16.6. The van der Waals surface area contributed by atoms with E-state index >= 15 is 0 Å². The summed E-state index contributed by atoms with van der Waals surface area (Å²) >= 11 is 0. The summed E-state index contributed by atoms with van der Waals surface area (Å²) in [6.07, 6.45) is 4.22. The van der Waals surface area contributed by atoms with Crippen LogP contribution >= 0.6 is 0 Å². The van der Waals surface area contributed by atoms with E-state index in [1.165, 1.54) is 12.1 Å². The van der Waals surface area contributed by atoms with Crippen molar-refractivity contribution in [2.24, 2.45) is 0 Å². The highest BCUT2D eigenvalue weighted by atomic mass is 19.1. The molecule has 0 radical (unpaired) electrons. The number of carbonyl (C=O) groups is 1. The minimum Gasteiger partial charge on any atom is -0.447 e. The number of hydrogen-bond donors (Lipinski definition) is 0. The molecule has 0 saturated heterocycles. The van der Waals surface area contributed by atoms with Gasteiger partial charge in [-0.15, -0.1) is 0 Å². The molecule has 6 heteroatoms. The Hall–Kier alpha value is -3.80. The van der Waals surface area contributed by atoms with Crippen LogP contribution < -0.4 is 0 Å². The second kappa shape index (κ2) is 8.29. The Bertz CT molecular complexity index is 1170. The minimum atomic E-state index is -0.823. The summed E-state index contributed by atoms with van der Waals surface area (Å²) in [6.45, 7) is 3.77. The molecule has 150 valence electrons. The van der Waals surface area contributed by atoms with Gasteiger partial charge in [0.15, 0.2) is 6.10 Å². The van der Waals surface area contributed by atoms with Gasteiger partial charge in [0.25, 0.3) is 0 Å². The molecule has 4 rings (SSSR count). The van der Waals surface area contributed by atoms with E-state index in [2.05, 4.69) is 9.97 Å². The van der Waals surface area contributed by atoms with Crippen molar-refractivity contribution >= 4 is 5.97 Å². The first-order valence-electron chi connectivity index (χ1n) is 9.51. The van der Waals surface area contributed by atoms with Gasteiger partial charge in [0.2, 0.25) is 0 Å². The minimum absolute atomic E-state index is 0.403. The molecule has 1 aromatic carbocycles. The van der Waals surface area contributed by atoms with Crippen molar-refractivity contribution in [3.05, 3.63) is 113 Å². The lowest BCUT2D eigenvalue weighted by Crippen LogP contribution is -2.15. The smallest absolute Gasteiger partial charge is 0.340 e. The van der Waals surface area contributed by atoms with Crippen LogP contribution in [0.25, 0.3) is 5.69 Å². The maximum Gasteiger partial charge on any atom is 0.340 e. The maximum atomic E-state index is 13.8. The van der Waals surface area contributed by atoms with E-state index in [1.54, 1.807) is 55.0 Å².